The molecule has 0 aromatic heterocycles. The number of halogens is 6. The van der Waals surface area contributed by atoms with E-state index in [9.17, 15) is 0 Å². The van der Waals surface area contributed by atoms with Gasteiger partial charge in [-0.15, -0.1) is 66.5 Å². The normalized spacial score (nSPS) is 12.1. The summed E-state index contributed by atoms with van der Waals surface area (Å²) in [4.78, 5) is 0. The van der Waals surface area contributed by atoms with Gasteiger partial charge in [0.05, 0.1) is 0 Å². The third-order valence-electron chi connectivity index (χ3n) is 3.97. The highest BCUT2D eigenvalue weighted by Crippen LogP contribution is 2.27. The van der Waals surface area contributed by atoms with Crippen LogP contribution >= 0.6 is 66.5 Å². The van der Waals surface area contributed by atoms with Gasteiger partial charge in [-0.05, 0) is 22.7 Å². The van der Waals surface area contributed by atoms with E-state index < -0.39 is 12.0 Å². The monoisotopic (exact) mass is 512 g/mol. The lowest BCUT2D eigenvalue weighted by atomic mass is 10.0. The van der Waals surface area contributed by atoms with Gasteiger partial charge in [-0.3, -0.25) is 0 Å². The highest BCUT2D eigenvalue weighted by Gasteiger charge is 2.27. The molecule has 1 rings (SSSR count). The van der Waals surface area contributed by atoms with Crippen molar-refractivity contribution >= 4 is 83.7 Å². The second kappa shape index (κ2) is 14.4. The molecule has 0 amide bonds. The average molecular weight is 515 g/mol. The maximum Gasteiger partial charge on any atom is 0.372 e. The molecular formula is C18H30Cl6Si2. The van der Waals surface area contributed by atoms with E-state index in [1.165, 1.54) is 44.1 Å². The van der Waals surface area contributed by atoms with Crippen LogP contribution in [0.4, 0.5) is 0 Å². The Morgan fingerprint density at radius 1 is 0.731 bits per heavy atom. The topological polar surface area (TPSA) is 0 Å². The molecule has 0 heterocycles. The van der Waals surface area contributed by atoms with Gasteiger partial charge in [0.25, 0.3) is 0 Å². The summed E-state index contributed by atoms with van der Waals surface area (Å²) in [7, 11) is 0. The van der Waals surface area contributed by atoms with E-state index in [4.69, 9.17) is 66.5 Å². The smallest absolute Gasteiger partial charge is 0.126 e. The van der Waals surface area contributed by atoms with Crippen molar-refractivity contribution in [2.24, 2.45) is 0 Å². The minimum Gasteiger partial charge on any atom is -0.126 e. The lowest BCUT2D eigenvalue weighted by Crippen LogP contribution is -2.29. The first-order valence-corrected chi connectivity index (χ1v) is 19.5. The van der Waals surface area contributed by atoms with Gasteiger partial charge in [-0.1, -0.05) is 90.0 Å². The summed E-state index contributed by atoms with van der Waals surface area (Å²) in [5.41, 5.74) is 1.27. The fourth-order valence-corrected chi connectivity index (χ4v) is 5.87. The molecule has 26 heavy (non-hydrogen) atoms. The van der Waals surface area contributed by atoms with E-state index in [0.717, 1.165) is 17.7 Å². The van der Waals surface area contributed by atoms with Crippen molar-refractivity contribution in [3.63, 3.8) is 0 Å². The Morgan fingerprint density at radius 3 is 1.58 bits per heavy atom. The number of hydrogen-bond acceptors (Lipinski definition) is 0. The van der Waals surface area contributed by atoms with Crippen LogP contribution in [0, 0.1) is 0 Å². The van der Waals surface area contributed by atoms with Crippen molar-refractivity contribution in [3.8, 4) is 0 Å². The molecule has 152 valence electrons. The second-order valence-corrected chi connectivity index (χ2v) is 24.5. The zero-order chi connectivity index (χ0) is 20.2. The molecule has 8 heteroatoms. The van der Waals surface area contributed by atoms with Gasteiger partial charge in [0.1, 0.15) is 0 Å². The summed E-state index contributed by atoms with van der Waals surface area (Å²) in [6.45, 7) is 6.51. The molecular weight excluding hydrogens is 485 g/mol. The molecule has 0 saturated heterocycles. The summed E-state index contributed by atoms with van der Waals surface area (Å²) in [5, 5.41) is 0.849. The molecule has 0 saturated carbocycles. The minimum absolute atomic E-state index is 0.520. The predicted molar refractivity (Wildman–Crippen MR) is 130 cm³/mol. The molecule has 0 fully saturated rings. The zero-order valence-electron chi connectivity index (χ0n) is 15.8. The van der Waals surface area contributed by atoms with Gasteiger partial charge in [-0.2, -0.15) is 0 Å². The van der Waals surface area contributed by atoms with Crippen LogP contribution in [0.2, 0.25) is 6.04 Å². The molecule has 0 radical (unpaired) electrons. The molecule has 1 aromatic carbocycles. The first-order chi connectivity index (χ1) is 12.0. The predicted octanol–water partition coefficient (Wildman–Crippen LogP) is 9.06. The van der Waals surface area contributed by atoms with E-state index in [0.29, 0.717) is 5.92 Å². The Hall–Kier alpha value is 1.39. The van der Waals surface area contributed by atoms with E-state index >= 15 is 0 Å². The van der Waals surface area contributed by atoms with Crippen molar-refractivity contribution in [3.05, 3.63) is 29.8 Å². The second-order valence-electron chi connectivity index (χ2n) is 6.76. The Kier molecular flexibility index (Phi) is 15.2. The van der Waals surface area contributed by atoms with Gasteiger partial charge in [0.15, 0.2) is 0 Å². The third kappa shape index (κ3) is 15.3. The quantitative estimate of drug-likeness (QED) is 0.166. The van der Waals surface area contributed by atoms with E-state index in [-0.39, 0.29) is 0 Å². The van der Waals surface area contributed by atoms with Crippen molar-refractivity contribution in [1.82, 2.24) is 0 Å². The Labute approximate surface area is 190 Å². The van der Waals surface area contributed by atoms with E-state index in [2.05, 4.69) is 20.8 Å². The number of rotatable bonds is 10. The molecule has 0 aliphatic carbocycles. The molecule has 1 aromatic rings. The van der Waals surface area contributed by atoms with Gasteiger partial charge in [0, 0.05) is 0 Å². The van der Waals surface area contributed by atoms with Crippen molar-refractivity contribution in [2.45, 2.75) is 77.7 Å². The molecule has 0 atom stereocenters. The minimum atomic E-state index is -2.67. The van der Waals surface area contributed by atoms with Gasteiger partial charge < -0.3 is 0 Å². The molecule has 0 unspecified atom stereocenters. The standard InChI is InChI=1S/C9H11Cl3Si.C9H19Cl3Si/c1-7(2)8-3-5-9(6-4-8)13(10,11)12;1-2-3-4-5-6-7-8-9-13(10,11)12/h3-7H,1-2H3;2-9H2,1H3. The number of hydrogen-bond donors (Lipinski definition) is 0. The highest BCUT2D eigenvalue weighted by atomic mass is 35.8. The van der Waals surface area contributed by atoms with Crippen LogP contribution in [0.3, 0.4) is 0 Å². The van der Waals surface area contributed by atoms with Crippen LogP contribution in [0.5, 0.6) is 0 Å². The number of unbranched alkanes of at least 4 members (excludes halogenated alkanes) is 6. The third-order valence-corrected chi connectivity index (χ3v) is 9.54. The first kappa shape index (κ1) is 27.4. The van der Waals surface area contributed by atoms with Crippen LogP contribution in [0.1, 0.15) is 77.2 Å². The van der Waals surface area contributed by atoms with Crippen molar-refractivity contribution in [1.29, 1.82) is 0 Å². The van der Waals surface area contributed by atoms with Gasteiger partial charge in [-0.25, -0.2) is 0 Å². The van der Waals surface area contributed by atoms with Crippen LogP contribution in [0.15, 0.2) is 24.3 Å². The van der Waals surface area contributed by atoms with E-state index in [1.807, 2.05) is 24.3 Å². The van der Waals surface area contributed by atoms with Crippen LogP contribution < -0.4 is 5.19 Å². The van der Waals surface area contributed by atoms with E-state index in [1.54, 1.807) is 0 Å². The van der Waals surface area contributed by atoms with Crippen LogP contribution in [-0.2, 0) is 0 Å². The van der Waals surface area contributed by atoms with Crippen molar-refractivity contribution < 1.29 is 0 Å². The maximum atomic E-state index is 5.86. The molecule has 0 N–H and O–H groups in total. The molecule has 0 aliphatic rings. The molecule has 0 bridgehead atoms. The van der Waals surface area contributed by atoms with Gasteiger partial charge >= 0.3 is 12.0 Å². The zero-order valence-corrected chi connectivity index (χ0v) is 22.3. The summed E-state index contributed by atoms with van der Waals surface area (Å²) >= 11 is 34.9. The highest BCUT2D eigenvalue weighted by molar-refractivity contribution is 7.69. The molecule has 0 aliphatic heterocycles. The Bertz CT molecular complexity index is 466. The fraction of sp³-hybridized carbons (Fsp3) is 0.667. The first-order valence-electron chi connectivity index (χ1n) is 9.21. The maximum absolute atomic E-state index is 5.86. The molecule has 0 nitrogen and oxygen atoms in total. The summed E-state index contributed by atoms with van der Waals surface area (Å²) in [5.74, 6) is 0.520. The summed E-state index contributed by atoms with van der Waals surface area (Å²) in [6, 6.07) is 3.70. The number of benzene rings is 1. The Morgan fingerprint density at radius 2 is 1.19 bits per heavy atom. The lowest BCUT2D eigenvalue weighted by Gasteiger charge is -2.10. The average Bonchev–Trinajstić information content (AvgIpc) is 2.53. The SMILES string of the molecule is CC(C)c1ccc([Si](Cl)(Cl)Cl)cc1.CCCCCCCCC[Si](Cl)(Cl)Cl. The van der Waals surface area contributed by atoms with Crippen molar-refractivity contribution in [2.75, 3.05) is 0 Å². The summed E-state index contributed by atoms with van der Waals surface area (Å²) in [6.07, 6.45) is 8.99. The Balaban J connectivity index is 0.000000481. The largest absolute Gasteiger partial charge is 0.372 e. The summed E-state index contributed by atoms with van der Waals surface area (Å²) < 4.78 is 0. The fourth-order valence-electron chi connectivity index (χ4n) is 2.34. The van der Waals surface area contributed by atoms with Crippen LogP contribution in [-0.4, -0.2) is 12.0 Å². The van der Waals surface area contributed by atoms with Gasteiger partial charge in [0.2, 0.25) is 0 Å². The lowest BCUT2D eigenvalue weighted by molar-refractivity contribution is 0.601. The molecule has 0 spiro atoms. The van der Waals surface area contributed by atoms with Crippen LogP contribution in [0.25, 0.3) is 0 Å².